The summed E-state index contributed by atoms with van der Waals surface area (Å²) in [6.45, 7) is 8.93. The molecule has 0 aromatic rings. The van der Waals surface area contributed by atoms with Gasteiger partial charge in [0.1, 0.15) is 0 Å². The molecule has 4 atom stereocenters. The van der Waals surface area contributed by atoms with Crippen LogP contribution < -0.4 is 0 Å². The van der Waals surface area contributed by atoms with E-state index in [2.05, 4.69) is 32.5 Å². The molecule has 0 spiro atoms. The number of carbonyl (C=O) groups is 1. The molecule has 0 rings (SSSR count). The van der Waals surface area contributed by atoms with E-state index in [4.69, 9.17) is 14.2 Å². The minimum absolute atomic E-state index is 0.0745. The van der Waals surface area contributed by atoms with E-state index < -0.39 is 20.0 Å². The first-order chi connectivity index (χ1) is 18.4. The van der Waals surface area contributed by atoms with E-state index in [-0.39, 0.29) is 19.3 Å². The number of aliphatic hydroxyl groups is 1. The van der Waals surface area contributed by atoms with Gasteiger partial charge in [-0.3, -0.25) is 0 Å². The van der Waals surface area contributed by atoms with Crippen molar-refractivity contribution in [3.63, 3.8) is 0 Å². The van der Waals surface area contributed by atoms with E-state index in [9.17, 15) is 14.5 Å². The monoisotopic (exact) mass is 579 g/mol. The van der Waals surface area contributed by atoms with Crippen LogP contribution in [0.2, 0.25) is 0 Å². The Hall–Kier alpha value is -0.200. The minimum atomic E-state index is -2.38. The average Bonchev–Trinajstić information content (AvgIpc) is 2.92. The number of hydrogen-bond acceptors (Lipinski definition) is 7. The van der Waals surface area contributed by atoms with E-state index in [1.165, 1.54) is 115 Å². The summed E-state index contributed by atoms with van der Waals surface area (Å²) in [5.41, 5.74) is -2.38. The Morgan fingerprint density at radius 1 is 0.789 bits per heavy atom. The van der Waals surface area contributed by atoms with Gasteiger partial charge in [-0.25, -0.2) is 4.79 Å². The maximum absolute atomic E-state index is 11.8. The number of ether oxygens (including phenoxy) is 3. The van der Waals surface area contributed by atoms with Crippen LogP contribution in [-0.4, -0.2) is 53.5 Å². The van der Waals surface area contributed by atoms with Crippen LogP contribution in [0.15, 0.2) is 0 Å². The molecule has 38 heavy (non-hydrogen) atoms. The van der Waals surface area contributed by atoms with Gasteiger partial charge in [0, 0.05) is 11.9 Å². The van der Waals surface area contributed by atoms with Crippen LogP contribution in [0.4, 0.5) is 0 Å². The first-order valence-corrected chi connectivity index (χ1v) is 17.6. The highest BCUT2D eigenvalue weighted by molar-refractivity contribution is 7.99. The van der Waals surface area contributed by atoms with Gasteiger partial charge in [-0.1, -0.05) is 115 Å². The van der Waals surface area contributed by atoms with Crippen molar-refractivity contribution in [1.82, 2.24) is 0 Å². The van der Waals surface area contributed by atoms with Crippen molar-refractivity contribution in [1.29, 1.82) is 0 Å². The summed E-state index contributed by atoms with van der Waals surface area (Å²) in [4.78, 5) is 11.8. The van der Waals surface area contributed by atoms with Gasteiger partial charge in [0.15, 0.2) is 0 Å². The highest BCUT2D eigenvalue weighted by Crippen LogP contribution is 2.26. The summed E-state index contributed by atoms with van der Waals surface area (Å²) in [7, 11) is -1.34. The normalized spacial score (nSPS) is 14.9. The van der Waals surface area contributed by atoms with Crippen molar-refractivity contribution >= 4 is 26.2 Å². The number of rotatable bonds is 29. The smallest absolute Gasteiger partial charge is 0.458 e. The molecule has 8 heteroatoms. The number of hydrogen-bond donors (Lipinski definition) is 1. The third-order valence-electron chi connectivity index (χ3n) is 6.87. The average molecular weight is 580 g/mol. The molecular weight excluding hydrogens is 519 g/mol. The lowest BCUT2D eigenvalue weighted by Gasteiger charge is -2.24. The molecule has 0 aliphatic rings. The Balaban J connectivity index is 4.30. The fourth-order valence-electron chi connectivity index (χ4n) is 4.42. The van der Waals surface area contributed by atoms with Crippen LogP contribution in [0.3, 0.4) is 0 Å². The Labute approximate surface area is 240 Å². The molecule has 6 nitrogen and oxygen atoms in total. The highest BCUT2D eigenvalue weighted by atomic mass is 32.2. The lowest BCUT2D eigenvalue weighted by Crippen LogP contribution is -2.38. The van der Waals surface area contributed by atoms with Gasteiger partial charge in [-0.05, 0) is 38.9 Å². The topological polar surface area (TPSA) is 82.1 Å². The first kappa shape index (κ1) is 37.8. The van der Waals surface area contributed by atoms with Crippen LogP contribution in [0.5, 0.6) is 0 Å². The van der Waals surface area contributed by atoms with Gasteiger partial charge < -0.3 is 19.3 Å². The molecule has 0 amide bonds. The van der Waals surface area contributed by atoms with Crippen molar-refractivity contribution in [3.8, 4) is 0 Å². The van der Waals surface area contributed by atoms with E-state index in [0.29, 0.717) is 18.3 Å². The van der Waals surface area contributed by atoms with Crippen molar-refractivity contribution in [2.24, 2.45) is 0 Å². The van der Waals surface area contributed by atoms with Crippen molar-refractivity contribution < 1.29 is 28.7 Å². The van der Waals surface area contributed by atoms with Gasteiger partial charge in [-0.15, -0.1) is 0 Å². The first-order valence-electron chi connectivity index (χ1n) is 15.6. The van der Waals surface area contributed by atoms with Crippen LogP contribution in [-0.2, 0) is 23.6 Å². The number of carbonyl (C=O) groups excluding carboxylic acids is 1. The van der Waals surface area contributed by atoms with Crippen LogP contribution in [0.1, 0.15) is 143 Å². The second-order valence-electron chi connectivity index (χ2n) is 10.4. The number of thioether (sulfide) groups is 1. The molecule has 0 aromatic carbocycles. The molecule has 4 unspecified atom stereocenters. The van der Waals surface area contributed by atoms with Gasteiger partial charge >= 0.3 is 20.0 Å². The Morgan fingerprint density at radius 3 is 1.84 bits per heavy atom. The number of esters is 1. The lowest BCUT2D eigenvalue weighted by molar-refractivity contribution is -0.196. The van der Waals surface area contributed by atoms with Gasteiger partial charge in [0.05, 0.1) is 19.3 Å². The van der Waals surface area contributed by atoms with Crippen LogP contribution in [0.25, 0.3) is 0 Å². The standard InChI is InChI=1S/C30H59O6PS/c1-5-8-10-12-14-15-16-17-19-21-26-38-28(23-20-18-13-11-9-6-2)27(4)35-24-22-25-36-30(32,37-33)29(31)34-7-3/h27-28,32H,5-26H2,1-4H3/p+1. The number of unbranched alkanes of at least 4 members (excludes halogenated alkanes) is 14. The molecule has 0 aliphatic carbocycles. The zero-order valence-corrected chi connectivity index (χ0v) is 26.9. The van der Waals surface area contributed by atoms with Crippen molar-refractivity contribution in [2.75, 3.05) is 25.6 Å². The van der Waals surface area contributed by atoms with E-state index in [1.807, 2.05) is 0 Å². The van der Waals surface area contributed by atoms with Gasteiger partial charge in [0.2, 0.25) is 0 Å². The lowest BCUT2D eigenvalue weighted by atomic mass is 10.1. The summed E-state index contributed by atoms with van der Waals surface area (Å²) in [6.07, 6.45) is 23.2. The molecule has 0 heterocycles. The fraction of sp³-hybridized carbons (Fsp3) is 0.967. The molecule has 0 saturated heterocycles. The zero-order chi connectivity index (χ0) is 28.3. The summed E-state index contributed by atoms with van der Waals surface area (Å²) in [6, 6.07) is 0. The van der Waals surface area contributed by atoms with E-state index in [1.54, 1.807) is 6.92 Å². The molecule has 0 bridgehead atoms. The highest BCUT2D eigenvalue weighted by Gasteiger charge is 2.49. The molecule has 0 radical (unpaired) electrons. The van der Waals surface area contributed by atoms with Crippen LogP contribution >= 0.6 is 20.2 Å². The summed E-state index contributed by atoms with van der Waals surface area (Å²) in [5, 5.41) is 10.6. The van der Waals surface area contributed by atoms with Crippen LogP contribution in [0, 0.1) is 0 Å². The summed E-state index contributed by atoms with van der Waals surface area (Å²) in [5.74, 6) is 0.176. The fourth-order valence-corrected chi connectivity index (χ4v) is 6.09. The Bertz CT molecular complexity index is 553. The third-order valence-corrected chi connectivity index (χ3v) is 9.06. The molecule has 0 saturated carbocycles. The molecule has 1 N–H and O–H groups in total. The maximum Gasteiger partial charge on any atom is 0.470 e. The molecule has 0 aromatic heterocycles. The molecule has 0 aliphatic heterocycles. The summed E-state index contributed by atoms with van der Waals surface area (Å²) < 4.78 is 27.3. The predicted molar refractivity (Wildman–Crippen MR) is 163 cm³/mol. The van der Waals surface area contributed by atoms with E-state index >= 15 is 0 Å². The van der Waals surface area contributed by atoms with Crippen molar-refractivity contribution in [3.05, 3.63) is 0 Å². The summed E-state index contributed by atoms with van der Waals surface area (Å²) >= 11 is 2.06. The SMILES string of the molecule is CCCCCCCCCCCCSC(CCCCCCCC)C(C)OCCCOC(O)([PH+]=O)C(=O)OCC. The van der Waals surface area contributed by atoms with Gasteiger partial charge in [0.25, 0.3) is 0 Å². The van der Waals surface area contributed by atoms with E-state index in [0.717, 1.165) is 0 Å². The quantitative estimate of drug-likeness (QED) is 0.0410. The zero-order valence-electron chi connectivity index (χ0n) is 25.1. The molecule has 226 valence electrons. The third kappa shape index (κ3) is 20.7. The molecule has 0 fully saturated rings. The van der Waals surface area contributed by atoms with Gasteiger partial charge in [-0.2, -0.15) is 11.8 Å². The van der Waals surface area contributed by atoms with Crippen molar-refractivity contribution in [2.45, 2.75) is 160 Å². The predicted octanol–water partition coefficient (Wildman–Crippen LogP) is 8.80. The largest absolute Gasteiger partial charge is 0.470 e. The minimum Gasteiger partial charge on any atom is -0.458 e. The second kappa shape index (κ2) is 27.0. The Morgan fingerprint density at radius 2 is 1.32 bits per heavy atom. The second-order valence-corrected chi connectivity index (χ2v) is 12.6. The maximum atomic E-state index is 11.8. The Kier molecular flexibility index (Phi) is 26.9. The molecular formula is C30H60O6PS+.